The van der Waals surface area contributed by atoms with Crippen LogP contribution in [0.25, 0.3) is 0 Å². The first kappa shape index (κ1) is 17.7. The molecule has 0 unspecified atom stereocenters. The van der Waals surface area contributed by atoms with Gasteiger partial charge in [0.15, 0.2) is 5.96 Å². The number of aliphatic imine (C=N–C) groups is 1. The Morgan fingerprint density at radius 2 is 1.79 bits per heavy atom. The van der Waals surface area contributed by atoms with Crippen molar-refractivity contribution in [3.05, 3.63) is 48.8 Å². The maximum absolute atomic E-state index is 5.69. The van der Waals surface area contributed by atoms with Crippen LogP contribution in [0, 0.1) is 0 Å². The molecule has 6 heteroatoms. The van der Waals surface area contributed by atoms with Gasteiger partial charge in [-0.05, 0) is 43.3 Å². The van der Waals surface area contributed by atoms with Crippen molar-refractivity contribution in [2.75, 3.05) is 33.4 Å². The van der Waals surface area contributed by atoms with E-state index in [9.17, 15) is 0 Å². The quantitative estimate of drug-likeness (QED) is 0.420. The molecule has 0 aliphatic rings. The van der Waals surface area contributed by atoms with Crippen LogP contribution in [0.4, 0.5) is 0 Å². The lowest BCUT2D eigenvalue weighted by atomic mass is 10.3. The van der Waals surface area contributed by atoms with Crippen molar-refractivity contribution in [3.63, 3.8) is 0 Å². The van der Waals surface area contributed by atoms with Crippen LogP contribution in [0.15, 0.2) is 53.8 Å². The molecule has 0 saturated carbocycles. The van der Waals surface area contributed by atoms with E-state index >= 15 is 0 Å². The van der Waals surface area contributed by atoms with E-state index in [0.717, 1.165) is 37.1 Å². The highest BCUT2D eigenvalue weighted by atomic mass is 16.5. The number of nitrogens with one attached hydrogen (secondary N) is 2. The predicted molar refractivity (Wildman–Crippen MR) is 96.9 cm³/mol. The van der Waals surface area contributed by atoms with E-state index < -0.39 is 0 Å². The van der Waals surface area contributed by atoms with Crippen molar-refractivity contribution in [2.45, 2.75) is 13.5 Å². The van der Waals surface area contributed by atoms with Crippen LogP contribution in [0.1, 0.15) is 6.92 Å². The number of hydrogen-bond donors (Lipinski definition) is 2. The van der Waals surface area contributed by atoms with E-state index in [4.69, 9.17) is 9.47 Å². The van der Waals surface area contributed by atoms with E-state index in [2.05, 4.69) is 27.1 Å². The van der Waals surface area contributed by atoms with E-state index in [1.165, 1.54) is 0 Å². The minimum Gasteiger partial charge on any atom is -0.497 e. The molecule has 2 aromatic rings. The zero-order chi connectivity index (χ0) is 17.0. The second kappa shape index (κ2) is 10.2. The molecule has 24 heavy (non-hydrogen) atoms. The average Bonchev–Trinajstić information content (AvgIpc) is 3.12. The van der Waals surface area contributed by atoms with Crippen molar-refractivity contribution < 1.29 is 9.47 Å². The van der Waals surface area contributed by atoms with Gasteiger partial charge in [-0.25, -0.2) is 0 Å². The van der Waals surface area contributed by atoms with Gasteiger partial charge < -0.3 is 24.7 Å². The highest BCUT2D eigenvalue weighted by molar-refractivity contribution is 5.79. The van der Waals surface area contributed by atoms with Gasteiger partial charge in [0, 0.05) is 25.5 Å². The zero-order valence-electron chi connectivity index (χ0n) is 14.4. The SMILES string of the molecule is CCNC(=NCCn1cccc1)NCCOc1ccc(OC)cc1. The molecular weight excluding hydrogens is 304 g/mol. The van der Waals surface area contributed by atoms with Gasteiger partial charge in [0.1, 0.15) is 18.1 Å². The van der Waals surface area contributed by atoms with Gasteiger partial charge in [-0.1, -0.05) is 0 Å². The fraction of sp³-hybridized carbons (Fsp3) is 0.389. The molecule has 6 nitrogen and oxygen atoms in total. The number of ether oxygens (including phenoxy) is 2. The van der Waals surface area contributed by atoms with Gasteiger partial charge in [0.05, 0.1) is 20.2 Å². The van der Waals surface area contributed by atoms with Gasteiger partial charge in [0.2, 0.25) is 0 Å². The second-order valence-electron chi connectivity index (χ2n) is 5.13. The molecule has 0 spiro atoms. The molecular formula is C18H26N4O2. The number of guanidine groups is 1. The Kier molecular flexibility index (Phi) is 7.53. The van der Waals surface area contributed by atoms with Gasteiger partial charge in [-0.2, -0.15) is 0 Å². The molecule has 0 fully saturated rings. The van der Waals surface area contributed by atoms with Crippen LogP contribution in [0.3, 0.4) is 0 Å². The Bertz CT molecular complexity index is 594. The molecule has 0 atom stereocenters. The minimum absolute atomic E-state index is 0.564. The summed E-state index contributed by atoms with van der Waals surface area (Å²) < 4.78 is 12.9. The summed E-state index contributed by atoms with van der Waals surface area (Å²) in [5.74, 6) is 2.46. The molecule has 2 N–H and O–H groups in total. The third-order valence-electron chi connectivity index (χ3n) is 3.36. The second-order valence-corrected chi connectivity index (χ2v) is 5.13. The normalized spacial score (nSPS) is 11.2. The van der Waals surface area contributed by atoms with Gasteiger partial charge in [0.25, 0.3) is 0 Å². The van der Waals surface area contributed by atoms with Crippen LogP contribution >= 0.6 is 0 Å². The first-order valence-electron chi connectivity index (χ1n) is 8.21. The smallest absolute Gasteiger partial charge is 0.191 e. The fourth-order valence-corrected chi connectivity index (χ4v) is 2.15. The molecule has 0 amide bonds. The van der Waals surface area contributed by atoms with Crippen LogP contribution in [-0.2, 0) is 6.54 Å². The van der Waals surface area contributed by atoms with Crippen LogP contribution in [0.2, 0.25) is 0 Å². The summed E-state index contributed by atoms with van der Waals surface area (Å²) >= 11 is 0. The summed E-state index contributed by atoms with van der Waals surface area (Å²) in [7, 11) is 1.65. The Labute approximate surface area is 143 Å². The number of aromatic nitrogens is 1. The minimum atomic E-state index is 0.564. The lowest BCUT2D eigenvalue weighted by Gasteiger charge is -2.12. The molecule has 1 aromatic heterocycles. The summed E-state index contributed by atoms with van der Waals surface area (Å²) in [4.78, 5) is 4.56. The topological polar surface area (TPSA) is 59.8 Å². The number of nitrogens with zero attached hydrogens (tertiary/aromatic N) is 2. The number of benzene rings is 1. The van der Waals surface area contributed by atoms with E-state index in [0.29, 0.717) is 13.2 Å². The lowest BCUT2D eigenvalue weighted by molar-refractivity contribution is 0.321. The van der Waals surface area contributed by atoms with Gasteiger partial charge >= 0.3 is 0 Å². The Morgan fingerprint density at radius 1 is 1.08 bits per heavy atom. The maximum atomic E-state index is 5.69. The fourth-order valence-electron chi connectivity index (χ4n) is 2.15. The van der Waals surface area contributed by atoms with Crippen LogP contribution in [0.5, 0.6) is 11.5 Å². The van der Waals surface area contributed by atoms with Gasteiger partial charge in [-0.15, -0.1) is 0 Å². The number of hydrogen-bond acceptors (Lipinski definition) is 3. The molecule has 0 bridgehead atoms. The lowest BCUT2D eigenvalue weighted by Crippen LogP contribution is -2.39. The van der Waals surface area contributed by atoms with E-state index in [-0.39, 0.29) is 0 Å². The molecule has 130 valence electrons. The summed E-state index contributed by atoms with van der Waals surface area (Å²) in [5, 5.41) is 6.51. The van der Waals surface area contributed by atoms with Crippen LogP contribution < -0.4 is 20.1 Å². The maximum Gasteiger partial charge on any atom is 0.191 e. The first-order chi connectivity index (χ1) is 11.8. The van der Waals surface area contributed by atoms with Crippen molar-refractivity contribution in [1.82, 2.24) is 15.2 Å². The largest absolute Gasteiger partial charge is 0.497 e. The Balaban J connectivity index is 1.69. The summed E-state index contributed by atoms with van der Waals surface area (Å²) in [6.07, 6.45) is 4.08. The summed E-state index contributed by atoms with van der Waals surface area (Å²) in [6, 6.07) is 11.6. The predicted octanol–water partition coefficient (Wildman–Crippen LogP) is 2.13. The molecule has 0 radical (unpaired) electrons. The molecule has 0 saturated heterocycles. The van der Waals surface area contributed by atoms with E-state index in [1.807, 2.05) is 48.8 Å². The number of methoxy groups -OCH3 is 1. The van der Waals surface area contributed by atoms with Crippen molar-refractivity contribution in [2.24, 2.45) is 4.99 Å². The third-order valence-corrected chi connectivity index (χ3v) is 3.36. The summed E-state index contributed by atoms with van der Waals surface area (Å²) in [5.41, 5.74) is 0. The van der Waals surface area contributed by atoms with Crippen LogP contribution in [-0.4, -0.2) is 43.9 Å². The highest BCUT2D eigenvalue weighted by Gasteiger charge is 1.98. The standard InChI is InChI=1S/C18H26N4O2/c1-3-19-18(20-10-14-22-12-4-5-13-22)21-11-15-24-17-8-6-16(23-2)7-9-17/h4-9,12-13H,3,10-11,14-15H2,1-2H3,(H2,19,20,21). The monoisotopic (exact) mass is 330 g/mol. The number of rotatable bonds is 9. The first-order valence-corrected chi connectivity index (χ1v) is 8.21. The Morgan fingerprint density at radius 3 is 2.46 bits per heavy atom. The molecule has 1 aromatic carbocycles. The summed E-state index contributed by atoms with van der Waals surface area (Å²) in [6.45, 7) is 5.72. The Hall–Kier alpha value is -2.63. The zero-order valence-corrected chi connectivity index (χ0v) is 14.4. The van der Waals surface area contributed by atoms with Crippen molar-refractivity contribution in [1.29, 1.82) is 0 Å². The third kappa shape index (κ3) is 6.24. The highest BCUT2D eigenvalue weighted by Crippen LogP contribution is 2.16. The van der Waals surface area contributed by atoms with Crippen molar-refractivity contribution >= 4 is 5.96 Å². The van der Waals surface area contributed by atoms with Gasteiger partial charge in [-0.3, -0.25) is 4.99 Å². The molecule has 1 heterocycles. The molecule has 0 aliphatic heterocycles. The van der Waals surface area contributed by atoms with Crippen molar-refractivity contribution in [3.8, 4) is 11.5 Å². The average molecular weight is 330 g/mol. The molecule has 2 rings (SSSR count). The molecule has 0 aliphatic carbocycles. The van der Waals surface area contributed by atoms with E-state index in [1.54, 1.807) is 7.11 Å².